The molecule has 3 amide bonds. The maximum atomic E-state index is 12.7. The smallest absolute Gasteiger partial charge is 0.328 e. The molecule has 6 N–H and O–H groups in total. The van der Waals surface area contributed by atoms with Gasteiger partial charge in [-0.05, 0) is 31.0 Å². The van der Waals surface area contributed by atoms with Gasteiger partial charge in [0.2, 0.25) is 17.7 Å². The molecule has 1 aromatic carbocycles. The number of carboxylic acid groups (broad SMARTS) is 1. The molecule has 0 aliphatic carbocycles. The molecular weight excluding hydrogens is 406 g/mol. The third kappa shape index (κ3) is 9.94. The van der Waals surface area contributed by atoms with Gasteiger partial charge in [0.25, 0.3) is 0 Å². The molecule has 0 bridgehead atoms. The minimum absolute atomic E-state index is 0.0205. The van der Waals surface area contributed by atoms with E-state index in [1.807, 2.05) is 6.92 Å². The Kier molecular flexibility index (Phi) is 11.0. The van der Waals surface area contributed by atoms with Crippen LogP contribution in [0.2, 0.25) is 0 Å². The van der Waals surface area contributed by atoms with Crippen LogP contribution in [0.3, 0.4) is 0 Å². The van der Waals surface area contributed by atoms with Crippen molar-refractivity contribution in [3.63, 3.8) is 0 Å². The predicted octanol–water partition coefficient (Wildman–Crippen LogP) is 0.0662. The van der Waals surface area contributed by atoms with E-state index in [0.717, 1.165) is 12.8 Å². The summed E-state index contributed by atoms with van der Waals surface area (Å²) in [6.45, 7) is 3.74. The third-order valence-corrected chi connectivity index (χ3v) is 4.51. The number of aliphatic hydroxyl groups excluding tert-OH is 1. The largest absolute Gasteiger partial charge is 0.508 e. The van der Waals surface area contributed by atoms with Crippen molar-refractivity contribution in [2.45, 2.75) is 64.1 Å². The molecular formula is C21H31N3O7. The fourth-order valence-electron chi connectivity index (χ4n) is 2.71. The summed E-state index contributed by atoms with van der Waals surface area (Å²) in [5.41, 5.74) is 0.611. The number of aliphatic hydroxyl groups is 1. The first-order valence-corrected chi connectivity index (χ1v) is 10.2. The molecule has 0 saturated carbocycles. The van der Waals surface area contributed by atoms with Gasteiger partial charge in [0.05, 0.1) is 6.10 Å². The molecule has 0 aliphatic rings. The summed E-state index contributed by atoms with van der Waals surface area (Å²) < 4.78 is 0. The Morgan fingerprint density at radius 1 is 1.00 bits per heavy atom. The summed E-state index contributed by atoms with van der Waals surface area (Å²) in [6, 6.07) is 3.28. The summed E-state index contributed by atoms with van der Waals surface area (Å²) in [5, 5.41) is 35.6. The van der Waals surface area contributed by atoms with Gasteiger partial charge < -0.3 is 31.3 Å². The number of aromatic hydroxyl groups is 1. The average molecular weight is 437 g/mol. The summed E-state index contributed by atoms with van der Waals surface area (Å²) in [4.78, 5) is 48.0. The van der Waals surface area contributed by atoms with Crippen LogP contribution in [0.5, 0.6) is 5.75 Å². The van der Waals surface area contributed by atoms with Gasteiger partial charge in [0.15, 0.2) is 6.04 Å². The number of unbranched alkanes of at least 4 members (excludes halogenated alkanes) is 1. The van der Waals surface area contributed by atoms with Crippen molar-refractivity contribution in [3.8, 4) is 5.75 Å². The van der Waals surface area contributed by atoms with E-state index in [2.05, 4.69) is 16.0 Å². The van der Waals surface area contributed by atoms with Crippen LogP contribution in [0.1, 0.15) is 45.1 Å². The van der Waals surface area contributed by atoms with Crippen molar-refractivity contribution < 1.29 is 34.5 Å². The molecule has 10 nitrogen and oxygen atoms in total. The second-order valence-electron chi connectivity index (χ2n) is 7.26. The average Bonchev–Trinajstić information content (AvgIpc) is 2.71. The molecule has 0 radical (unpaired) electrons. The normalized spacial score (nSPS) is 13.5. The second kappa shape index (κ2) is 13.2. The Balaban J connectivity index is 2.80. The summed E-state index contributed by atoms with van der Waals surface area (Å²) in [5.74, 6) is -3.00. The van der Waals surface area contributed by atoms with Crippen LogP contribution >= 0.6 is 0 Å². The number of benzene rings is 1. The van der Waals surface area contributed by atoms with Gasteiger partial charge in [0.1, 0.15) is 11.8 Å². The highest BCUT2D eigenvalue weighted by molar-refractivity contribution is 5.91. The maximum absolute atomic E-state index is 12.7. The van der Waals surface area contributed by atoms with E-state index in [0.29, 0.717) is 12.1 Å². The van der Waals surface area contributed by atoms with Crippen molar-refractivity contribution in [2.24, 2.45) is 0 Å². The molecule has 172 valence electrons. The molecule has 0 spiro atoms. The van der Waals surface area contributed by atoms with Crippen LogP contribution in [0, 0.1) is 0 Å². The second-order valence-corrected chi connectivity index (χ2v) is 7.26. The number of amides is 3. The van der Waals surface area contributed by atoms with E-state index in [9.17, 15) is 34.5 Å². The Labute approximate surface area is 181 Å². The van der Waals surface area contributed by atoms with Crippen molar-refractivity contribution >= 4 is 23.7 Å². The molecule has 1 aromatic rings. The van der Waals surface area contributed by atoms with E-state index in [1.165, 1.54) is 19.1 Å². The topological polar surface area (TPSA) is 165 Å². The molecule has 0 saturated heterocycles. The fraction of sp³-hybridized carbons (Fsp3) is 0.524. The number of carboxylic acids is 1. The number of phenols is 1. The maximum Gasteiger partial charge on any atom is 0.328 e. The van der Waals surface area contributed by atoms with Crippen molar-refractivity contribution in [3.05, 3.63) is 29.8 Å². The summed E-state index contributed by atoms with van der Waals surface area (Å²) in [7, 11) is 0. The Morgan fingerprint density at radius 3 is 2.16 bits per heavy atom. The van der Waals surface area contributed by atoms with Gasteiger partial charge in [-0.25, -0.2) is 4.79 Å². The van der Waals surface area contributed by atoms with Crippen molar-refractivity contribution in [1.29, 1.82) is 0 Å². The molecule has 3 atom stereocenters. The van der Waals surface area contributed by atoms with Gasteiger partial charge in [-0.1, -0.05) is 25.5 Å². The fourth-order valence-corrected chi connectivity index (χ4v) is 2.71. The van der Waals surface area contributed by atoms with E-state index < -0.39 is 36.0 Å². The minimum Gasteiger partial charge on any atom is -0.508 e. The van der Waals surface area contributed by atoms with Crippen LogP contribution in [-0.4, -0.2) is 63.7 Å². The molecule has 0 heterocycles. The number of phenolic OH excluding ortho intramolecular Hbond substituents is 1. The molecule has 0 aliphatic heterocycles. The quantitative estimate of drug-likeness (QED) is 0.238. The lowest BCUT2D eigenvalue weighted by Crippen LogP contribution is -2.55. The highest BCUT2D eigenvalue weighted by Crippen LogP contribution is 2.12. The van der Waals surface area contributed by atoms with E-state index in [4.69, 9.17) is 0 Å². The monoisotopic (exact) mass is 437 g/mol. The summed E-state index contributed by atoms with van der Waals surface area (Å²) in [6.07, 6.45) is 0.245. The number of hydrogen-bond donors (Lipinski definition) is 6. The van der Waals surface area contributed by atoms with Crippen LogP contribution in [-0.2, 0) is 25.6 Å². The van der Waals surface area contributed by atoms with E-state index in [1.54, 1.807) is 12.1 Å². The first-order valence-electron chi connectivity index (χ1n) is 10.2. The molecule has 10 heteroatoms. The number of rotatable bonds is 13. The molecule has 31 heavy (non-hydrogen) atoms. The highest BCUT2D eigenvalue weighted by atomic mass is 16.4. The molecule has 1 rings (SSSR count). The van der Waals surface area contributed by atoms with Crippen LogP contribution < -0.4 is 16.0 Å². The van der Waals surface area contributed by atoms with E-state index in [-0.39, 0.29) is 30.9 Å². The van der Waals surface area contributed by atoms with Gasteiger partial charge in [-0.15, -0.1) is 0 Å². The Morgan fingerprint density at radius 2 is 1.61 bits per heavy atom. The first kappa shape index (κ1) is 25.9. The van der Waals surface area contributed by atoms with Gasteiger partial charge in [-0.3, -0.25) is 14.4 Å². The predicted molar refractivity (Wildman–Crippen MR) is 112 cm³/mol. The summed E-state index contributed by atoms with van der Waals surface area (Å²) >= 11 is 0. The number of aliphatic carboxylic acids is 1. The van der Waals surface area contributed by atoms with Crippen LogP contribution in [0.25, 0.3) is 0 Å². The van der Waals surface area contributed by atoms with Crippen LogP contribution in [0.15, 0.2) is 24.3 Å². The zero-order chi connectivity index (χ0) is 23.4. The third-order valence-electron chi connectivity index (χ3n) is 4.51. The highest BCUT2D eigenvalue weighted by Gasteiger charge is 2.29. The lowest BCUT2D eigenvalue weighted by Gasteiger charge is -2.23. The lowest BCUT2D eigenvalue weighted by molar-refractivity contribution is -0.145. The van der Waals surface area contributed by atoms with Crippen LogP contribution in [0.4, 0.5) is 0 Å². The van der Waals surface area contributed by atoms with Gasteiger partial charge in [0, 0.05) is 25.8 Å². The van der Waals surface area contributed by atoms with Crippen molar-refractivity contribution in [2.75, 3.05) is 6.54 Å². The number of carbonyl (C=O) groups is 4. The zero-order valence-corrected chi connectivity index (χ0v) is 17.8. The molecule has 0 unspecified atom stereocenters. The Bertz CT molecular complexity index is 750. The standard InChI is InChI=1S/C21H31N3O7/c1-3-4-11-22-17(27)9-10-18(28)23-16(12-14-5-7-15(26)8-6-14)20(29)24-19(13(2)25)21(30)31/h5-8,13,16,19,25-26H,3-4,9-12H2,1-2H3,(H,22,27)(H,23,28)(H,24,29)(H,30,31)/t13-,16+,19+/m1/s1. The zero-order valence-electron chi connectivity index (χ0n) is 17.8. The van der Waals surface area contributed by atoms with Crippen molar-refractivity contribution in [1.82, 2.24) is 16.0 Å². The molecule has 0 fully saturated rings. The number of hydrogen-bond acceptors (Lipinski definition) is 6. The number of nitrogens with one attached hydrogen (secondary N) is 3. The number of carbonyl (C=O) groups excluding carboxylic acids is 3. The van der Waals surface area contributed by atoms with Gasteiger partial charge in [-0.2, -0.15) is 0 Å². The Hall–Kier alpha value is -3.14. The minimum atomic E-state index is -1.55. The molecule has 0 aromatic heterocycles. The lowest BCUT2D eigenvalue weighted by atomic mass is 10.0. The van der Waals surface area contributed by atoms with E-state index >= 15 is 0 Å². The first-order chi connectivity index (χ1) is 14.6. The van der Waals surface area contributed by atoms with Gasteiger partial charge >= 0.3 is 5.97 Å². The SMILES string of the molecule is CCCCNC(=O)CCC(=O)N[C@@H](Cc1ccc(O)cc1)C(=O)N[C@H](C(=O)O)[C@@H](C)O.